The van der Waals surface area contributed by atoms with E-state index in [2.05, 4.69) is 33.5 Å². The fourth-order valence-electron chi connectivity index (χ4n) is 2.67. The first-order chi connectivity index (χ1) is 12.4. The monoisotopic (exact) mass is 418 g/mol. The Balaban J connectivity index is 1.86. The van der Waals surface area contributed by atoms with Crippen LogP contribution in [0.25, 0.3) is 0 Å². The van der Waals surface area contributed by atoms with Crippen molar-refractivity contribution in [2.24, 2.45) is 0 Å². The Morgan fingerprint density at radius 2 is 1.62 bits per heavy atom. The van der Waals surface area contributed by atoms with Crippen LogP contribution >= 0.6 is 15.9 Å². The van der Waals surface area contributed by atoms with Gasteiger partial charge in [-0.25, -0.2) is 0 Å². The fraction of sp³-hybridized carbons (Fsp3) is 0.300. The molecule has 0 saturated heterocycles. The fourth-order valence-corrected chi connectivity index (χ4v) is 3.26. The van der Waals surface area contributed by atoms with E-state index in [9.17, 15) is 9.59 Å². The normalized spacial score (nSPS) is 11.7. The summed E-state index contributed by atoms with van der Waals surface area (Å²) < 4.78 is 0.845. The zero-order valence-corrected chi connectivity index (χ0v) is 16.9. The van der Waals surface area contributed by atoms with E-state index >= 15 is 0 Å². The lowest BCUT2D eigenvalue weighted by atomic mass is 10.1. The summed E-state index contributed by atoms with van der Waals surface area (Å²) in [5, 5.41) is 5.80. The number of para-hydroxylation sites is 1. The Kier molecular flexibility index (Phi) is 7.36. The summed E-state index contributed by atoms with van der Waals surface area (Å²) in [4.78, 5) is 25.3. The molecule has 0 aliphatic rings. The largest absolute Gasteiger partial charge is 0.322 e. The van der Waals surface area contributed by atoms with Gasteiger partial charge < -0.3 is 15.5 Å². The summed E-state index contributed by atoms with van der Waals surface area (Å²) in [5.74, 6) is -0.235. The molecule has 6 heteroatoms. The summed E-state index contributed by atoms with van der Waals surface area (Å²) in [7, 11) is 1.83. The van der Waals surface area contributed by atoms with Gasteiger partial charge in [0.2, 0.25) is 0 Å². The van der Waals surface area contributed by atoms with Crippen LogP contribution in [0.2, 0.25) is 0 Å². The topological polar surface area (TPSA) is 62.6 Å². The lowest BCUT2D eigenvalue weighted by molar-refractivity contribution is -0.862. The average Bonchev–Trinajstić information content (AvgIpc) is 2.57. The van der Waals surface area contributed by atoms with Crippen LogP contribution in [0.15, 0.2) is 46.9 Å². The van der Waals surface area contributed by atoms with Crippen molar-refractivity contribution in [2.45, 2.75) is 20.3 Å². The number of rotatable bonds is 7. The molecule has 138 valence electrons. The molecule has 0 spiro atoms. The zero-order chi connectivity index (χ0) is 19.1. The van der Waals surface area contributed by atoms with Gasteiger partial charge in [-0.15, -0.1) is 0 Å². The highest BCUT2D eigenvalue weighted by Gasteiger charge is 2.16. The summed E-state index contributed by atoms with van der Waals surface area (Å²) in [6.07, 6.45) is 0.854. The first kappa shape index (κ1) is 20.1. The van der Waals surface area contributed by atoms with Gasteiger partial charge in [-0.2, -0.15) is 0 Å². The van der Waals surface area contributed by atoms with Gasteiger partial charge in [0.05, 0.1) is 12.7 Å². The molecule has 0 aromatic heterocycles. The molecule has 0 bridgehead atoms. The summed E-state index contributed by atoms with van der Waals surface area (Å²) >= 11 is 3.45. The molecule has 0 aliphatic heterocycles. The molecule has 2 aromatic rings. The van der Waals surface area contributed by atoms with Crippen LogP contribution in [0.3, 0.4) is 0 Å². The SMILES string of the molecule is CCc1ccccc1NC(=O)C[NH+](C)CC(=O)Nc1ccc(C)cc1Br. The van der Waals surface area contributed by atoms with Crippen molar-refractivity contribution in [3.63, 3.8) is 0 Å². The highest BCUT2D eigenvalue weighted by Crippen LogP contribution is 2.23. The average molecular weight is 419 g/mol. The summed E-state index contributed by atoms with van der Waals surface area (Å²) in [6.45, 7) is 4.48. The number of likely N-dealkylation sites (N-methyl/N-ethyl adjacent to an activating group) is 1. The van der Waals surface area contributed by atoms with Crippen LogP contribution in [-0.4, -0.2) is 32.0 Å². The van der Waals surface area contributed by atoms with Gasteiger partial charge in [-0.3, -0.25) is 9.59 Å². The van der Waals surface area contributed by atoms with Gasteiger partial charge in [0, 0.05) is 10.2 Å². The molecule has 26 heavy (non-hydrogen) atoms. The quantitative estimate of drug-likeness (QED) is 0.646. The molecule has 0 radical (unpaired) electrons. The predicted octanol–water partition coefficient (Wildman–Crippen LogP) is 2.41. The molecule has 2 rings (SSSR count). The Morgan fingerprint density at radius 1 is 1.00 bits per heavy atom. The Labute approximate surface area is 162 Å². The maximum absolute atomic E-state index is 12.3. The third kappa shape index (κ3) is 5.97. The van der Waals surface area contributed by atoms with E-state index in [1.807, 2.05) is 56.4 Å². The van der Waals surface area contributed by atoms with Crippen molar-refractivity contribution >= 4 is 39.1 Å². The van der Waals surface area contributed by atoms with Gasteiger partial charge in [0.1, 0.15) is 0 Å². The maximum Gasteiger partial charge on any atom is 0.279 e. The van der Waals surface area contributed by atoms with Crippen LogP contribution < -0.4 is 15.5 Å². The summed E-state index contributed by atoms with van der Waals surface area (Å²) in [6, 6.07) is 13.5. The lowest BCUT2D eigenvalue weighted by Crippen LogP contribution is -3.11. The second-order valence-corrected chi connectivity index (χ2v) is 7.26. The number of carbonyl (C=O) groups excluding carboxylic acids is 2. The molecule has 1 unspecified atom stereocenters. The minimum absolute atomic E-state index is 0.104. The predicted molar refractivity (Wildman–Crippen MR) is 109 cm³/mol. The lowest BCUT2D eigenvalue weighted by Gasteiger charge is -2.15. The van der Waals surface area contributed by atoms with E-state index in [0.717, 1.165) is 38.3 Å². The third-order valence-corrected chi connectivity index (χ3v) is 4.65. The van der Waals surface area contributed by atoms with Gasteiger partial charge in [-0.1, -0.05) is 31.2 Å². The first-order valence-electron chi connectivity index (χ1n) is 8.64. The van der Waals surface area contributed by atoms with Crippen LogP contribution in [0.4, 0.5) is 11.4 Å². The molecule has 2 amide bonds. The number of quaternary nitrogens is 1. The first-order valence-corrected chi connectivity index (χ1v) is 9.43. The molecule has 3 N–H and O–H groups in total. The number of hydrogen-bond acceptors (Lipinski definition) is 2. The number of aryl methyl sites for hydroxylation is 2. The van der Waals surface area contributed by atoms with E-state index in [4.69, 9.17) is 0 Å². The van der Waals surface area contributed by atoms with Crippen molar-refractivity contribution in [1.29, 1.82) is 0 Å². The molecule has 0 aliphatic carbocycles. The standard InChI is InChI=1S/C20H24BrN3O2/c1-4-15-7-5-6-8-17(15)22-19(25)12-24(3)13-20(26)23-18-10-9-14(2)11-16(18)21/h5-11H,4,12-13H2,1-3H3,(H,22,25)(H,23,26)/p+1. The second-order valence-electron chi connectivity index (χ2n) is 6.40. The van der Waals surface area contributed by atoms with E-state index in [1.54, 1.807) is 0 Å². The van der Waals surface area contributed by atoms with Gasteiger partial charge in [-0.05, 0) is 58.6 Å². The number of carbonyl (C=O) groups is 2. The van der Waals surface area contributed by atoms with Crippen LogP contribution in [0.5, 0.6) is 0 Å². The van der Waals surface area contributed by atoms with Crippen LogP contribution in [-0.2, 0) is 16.0 Å². The second kappa shape index (κ2) is 9.50. The van der Waals surface area contributed by atoms with Gasteiger partial charge in [0.15, 0.2) is 13.1 Å². The van der Waals surface area contributed by atoms with Crippen molar-refractivity contribution < 1.29 is 14.5 Å². The maximum atomic E-state index is 12.3. The molecule has 5 nitrogen and oxygen atoms in total. The minimum Gasteiger partial charge on any atom is -0.322 e. The van der Waals surface area contributed by atoms with Crippen molar-refractivity contribution in [3.05, 3.63) is 58.1 Å². The van der Waals surface area contributed by atoms with Gasteiger partial charge >= 0.3 is 0 Å². The van der Waals surface area contributed by atoms with Crippen molar-refractivity contribution in [2.75, 3.05) is 30.8 Å². The van der Waals surface area contributed by atoms with Crippen molar-refractivity contribution in [1.82, 2.24) is 0 Å². The Morgan fingerprint density at radius 3 is 2.23 bits per heavy atom. The zero-order valence-electron chi connectivity index (χ0n) is 15.4. The molecular weight excluding hydrogens is 394 g/mol. The number of amides is 2. The van der Waals surface area contributed by atoms with Crippen LogP contribution in [0, 0.1) is 6.92 Å². The molecule has 2 aromatic carbocycles. The number of hydrogen-bond donors (Lipinski definition) is 3. The molecular formula is C20H25BrN3O2+. The van der Waals surface area contributed by atoms with E-state index in [0.29, 0.717) is 0 Å². The van der Waals surface area contributed by atoms with E-state index in [-0.39, 0.29) is 24.9 Å². The highest BCUT2D eigenvalue weighted by atomic mass is 79.9. The minimum atomic E-state index is -0.131. The number of benzene rings is 2. The highest BCUT2D eigenvalue weighted by molar-refractivity contribution is 9.10. The molecule has 0 heterocycles. The molecule has 0 fully saturated rings. The van der Waals surface area contributed by atoms with Crippen molar-refractivity contribution in [3.8, 4) is 0 Å². The smallest absolute Gasteiger partial charge is 0.279 e. The Hall–Kier alpha value is -2.18. The van der Waals surface area contributed by atoms with E-state index < -0.39 is 0 Å². The van der Waals surface area contributed by atoms with Gasteiger partial charge in [0.25, 0.3) is 11.8 Å². The van der Waals surface area contributed by atoms with E-state index in [1.165, 1.54) is 0 Å². The molecule has 1 atom stereocenters. The van der Waals surface area contributed by atoms with Crippen LogP contribution in [0.1, 0.15) is 18.1 Å². The Bertz CT molecular complexity index is 792. The third-order valence-electron chi connectivity index (χ3n) is 4.00. The summed E-state index contributed by atoms with van der Waals surface area (Å²) in [5.41, 5.74) is 3.78. The number of anilines is 2. The molecule has 0 saturated carbocycles. The number of halogens is 1. The number of nitrogens with one attached hydrogen (secondary N) is 3.